The summed E-state index contributed by atoms with van der Waals surface area (Å²) in [6.07, 6.45) is 2.97. The number of piperidine rings is 1. The summed E-state index contributed by atoms with van der Waals surface area (Å²) in [5.74, 6) is 0.687. The minimum atomic E-state index is -0.0361. The summed E-state index contributed by atoms with van der Waals surface area (Å²) in [5, 5.41) is 6.35. The highest BCUT2D eigenvalue weighted by Crippen LogP contribution is 2.14. The Morgan fingerprint density at radius 2 is 2.27 bits per heavy atom. The zero-order chi connectivity index (χ0) is 14.9. The van der Waals surface area contributed by atoms with Crippen LogP contribution in [0.15, 0.2) is 24.3 Å². The monoisotopic (exact) mass is 328 g/mol. The summed E-state index contributed by atoms with van der Waals surface area (Å²) < 4.78 is 10.6. The quantitative estimate of drug-likeness (QED) is 0.752. The van der Waals surface area contributed by atoms with Gasteiger partial charge < -0.3 is 20.1 Å². The second kappa shape index (κ2) is 10.4. The summed E-state index contributed by atoms with van der Waals surface area (Å²) in [4.78, 5) is 12.2. The van der Waals surface area contributed by atoms with Gasteiger partial charge in [-0.3, -0.25) is 4.79 Å². The zero-order valence-electron chi connectivity index (χ0n) is 13.0. The Balaban J connectivity index is 0.00000242. The Hall–Kier alpha value is -1.30. The summed E-state index contributed by atoms with van der Waals surface area (Å²) in [6.45, 7) is 3.15. The maximum absolute atomic E-state index is 12.2. The van der Waals surface area contributed by atoms with Gasteiger partial charge in [-0.25, -0.2) is 0 Å². The van der Waals surface area contributed by atoms with Crippen LogP contribution in [0.4, 0.5) is 0 Å². The van der Waals surface area contributed by atoms with Gasteiger partial charge in [0, 0.05) is 38.3 Å². The molecular weight excluding hydrogens is 304 g/mol. The molecule has 1 atom stereocenters. The fraction of sp³-hybridized carbons (Fsp3) is 0.562. The third kappa shape index (κ3) is 6.22. The van der Waals surface area contributed by atoms with Gasteiger partial charge in [-0.1, -0.05) is 6.07 Å². The SMILES string of the molecule is COCCCOc1cccc(C(=O)NC2CCCNC2)c1.Cl. The maximum atomic E-state index is 12.2. The average Bonchev–Trinajstić information content (AvgIpc) is 2.53. The molecule has 1 aliphatic rings. The highest BCUT2D eigenvalue weighted by atomic mass is 35.5. The Morgan fingerprint density at radius 3 is 3.00 bits per heavy atom. The van der Waals surface area contributed by atoms with E-state index in [1.165, 1.54) is 0 Å². The maximum Gasteiger partial charge on any atom is 0.251 e. The van der Waals surface area contributed by atoms with Gasteiger partial charge in [0.05, 0.1) is 6.61 Å². The highest BCUT2D eigenvalue weighted by molar-refractivity contribution is 5.94. The predicted molar refractivity (Wildman–Crippen MR) is 89.0 cm³/mol. The first-order valence-electron chi connectivity index (χ1n) is 7.53. The Morgan fingerprint density at radius 1 is 1.41 bits per heavy atom. The molecule has 6 heteroatoms. The first-order chi connectivity index (χ1) is 10.3. The molecule has 1 aliphatic heterocycles. The number of rotatable bonds is 7. The van der Waals surface area contributed by atoms with E-state index in [1.54, 1.807) is 13.2 Å². The molecule has 1 aromatic rings. The molecule has 1 saturated heterocycles. The lowest BCUT2D eigenvalue weighted by molar-refractivity contribution is 0.0930. The van der Waals surface area contributed by atoms with Crippen LogP contribution < -0.4 is 15.4 Å². The molecule has 1 aromatic carbocycles. The first kappa shape index (κ1) is 18.7. The number of benzene rings is 1. The number of ether oxygens (including phenoxy) is 2. The van der Waals surface area contributed by atoms with Crippen LogP contribution >= 0.6 is 12.4 Å². The zero-order valence-corrected chi connectivity index (χ0v) is 13.8. The number of hydrogen-bond acceptors (Lipinski definition) is 4. The van der Waals surface area contributed by atoms with Gasteiger partial charge in [-0.2, -0.15) is 0 Å². The minimum absolute atomic E-state index is 0. The van der Waals surface area contributed by atoms with E-state index in [0.29, 0.717) is 18.8 Å². The molecule has 1 unspecified atom stereocenters. The van der Waals surface area contributed by atoms with Crippen LogP contribution in [0.1, 0.15) is 29.6 Å². The number of nitrogens with one attached hydrogen (secondary N) is 2. The normalized spacial score (nSPS) is 17.4. The van der Waals surface area contributed by atoms with E-state index in [-0.39, 0.29) is 24.4 Å². The van der Waals surface area contributed by atoms with Crippen molar-refractivity contribution in [2.45, 2.75) is 25.3 Å². The van der Waals surface area contributed by atoms with Crippen molar-refractivity contribution in [1.29, 1.82) is 0 Å². The van der Waals surface area contributed by atoms with Crippen molar-refractivity contribution in [3.63, 3.8) is 0 Å². The fourth-order valence-electron chi connectivity index (χ4n) is 2.36. The molecule has 0 radical (unpaired) electrons. The lowest BCUT2D eigenvalue weighted by Crippen LogP contribution is -2.45. The van der Waals surface area contributed by atoms with Crippen LogP contribution in [0.3, 0.4) is 0 Å². The van der Waals surface area contributed by atoms with Crippen LogP contribution in [0.5, 0.6) is 5.75 Å². The fourth-order valence-corrected chi connectivity index (χ4v) is 2.36. The van der Waals surface area contributed by atoms with Crippen molar-refractivity contribution in [1.82, 2.24) is 10.6 Å². The lowest BCUT2D eigenvalue weighted by atomic mass is 10.1. The highest BCUT2D eigenvalue weighted by Gasteiger charge is 2.16. The standard InChI is InChI=1S/C16H24N2O3.ClH/c1-20-9-4-10-21-15-7-2-5-13(11-15)16(19)18-14-6-3-8-17-12-14;/h2,5,7,11,14,17H,3-4,6,8-10,12H2,1H3,(H,18,19);1H. The number of methoxy groups -OCH3 is 1. The van der Waals surface area contributed by atoms with E-state index in [2.05, 4.69) is 10.6 Å². The van der Waals surface area contributed by atoms with Crippen LogP contribution in [0.25, 0.3) is 0 Å². The lowest BCUT2D eigenvalue weighted by Gasteiger charge is -2.23. The molecule has 1 heterocycles. The number of halogens is 1. The van der Waals surface area contributed by atoms with Crippen molar-refractivity contribution in [3.8, 4) is 5.75 Å². The molecule has 0 saturated carbocycles. The van der Waals surface area contributed by atoms with Crippen LogP contribution in [0.2, 0.25) is 0 Å². The molecular formula is C16H25ClN2O3. The Labute approximate surface area is 138 Å². The smallest absolute Gasteiger partial charge is 0.251 e. The third-order valence-corrected chi connectivity index (χ3v) is 3.49. The topological polar surface area (TPSA) is 59.6 Å². The molecule has 0 bridgehead atoms. The summed E-state index contributed by atoms with van der Waals surface area (Å²) in [7, 11) is 1.67. The number of carbonyl (C=O) groups excluding carboxylic acids is 1. The average molecular weight is 329 g/mol. The van der Waals surface area contributed by atoms with E-state index in [1.807, 2.05) is 18.2 Å². The molecule has 124 valence electrons. The van der Waals surface area contributed by atoms with Gasteiger partial charge in [-0.15, -0.1) is 12.4 Å². The molecule has 0 aromatic heterocycles. The summed E-state index contributed by atoms with van der Waals surface area (Å²) in [6, 6.07) is 7.54. The van der Waals surface area contributed by atoms with E-state index in [0.717, 1.165) is 38.1 Å². The Kier molecular flexibility index (Phi) is 8.89. The van der Waals surface area contributed by atoms with Crippen LogP contribution in [0, 0.1) is 0 Å². The van der Waals surface area contributed by atoms with Gasteiger partial charge in [0.1, 0.15) is 5.75 Å². The van der Waals surface area contributed by atoms with E-state index < -0.39 is 0 Å². The van der Waals surface area contributed by atoms with Crippen LogP contribution in [-0.4, -0.2) is 45.4 Å². The molecule has 1 amide bonds. The largest absolute Gasteiger partial charge is 0.493 e. The summed E-state index contributed by atoms with van der Waals surface area (Å²) >= 11 is 0. The molecule has 0 aliphatic carbocycles. The van der Waals surface area contributed by atoms with Gasteiger partial charge >= 0.3 is 0 Å². The summed E-state index contributed by atoms with van der Waals surface area (Å²) in [5.41, 5.74) is 0.643. The molecule has 5 nitrogen and oxygen atoms in total. The van der Waals surface area contributed by atoms with Gasteiger partial charge in [0.15, 0.2) is 0 Å². The van der Waals surface area contributed by atoms with Crippen LogP contribution in [-0.2, 0) is 4.74 Å². The van der Waals surface area contributed by atoms with Gasteiger partial charge in [0.2, 0.25) is 0 Å². The van der Waals surface area contributed by atoms with Crippen molar-refractivity contribution < 1.29 is 14.3 Å². The Bertz CT molecular complexity index is 451. The molecule has 0 spiro atoms. The van der Waals surface area contributed by atoms with E-state index in [4.69, 9.17) is 9.47 Å². The van der Waals surface area contributed by atoms with Gasteiger partial charge in [-0.05, 0) is 37.6 Å². The predicted octanol–water partition coefficient (Wildman–Crippen LogP) is 2.01. The second-order valence-corrected chi connectivity index (χ2v) is 5.24. The molecule has 22 heavy (non-hydrogen) atoms. The van der Waals surface area contributed by atoms with E-state index in [9.17, 15) is 4.79 Å². The van der Waals surface area contributed by atoms with E-state index >= 15 is 0 Å². The van der Waals surface area contributed by atoms with Gasteiger partial charge in [0.25, 0.3) is 5.91 Å². The molecule has 2 rings (SSSR count). The van der Waals surface area contributed by atoms with Crippen molar-refractivity contribution >= 4 is 18.3 Å². The first-order valence-corrected chi connectivity index (χ1v) is 7.53. The number of amides is 1. The second-order valence-electron chi connectivity index (χ2n) is 5.24. The molecule has 1 fully saturated rings. The van der Waals surface area contributed by atoms with Crippen molar-refractivity contribution in [3.05, 3.63) is 29.8 Å². The number of carbonyl (C=O) groups is 1. The third-order valence-electron chi connectivity index (χ3n) is 3.49. The molecule has 2 N–H and O–H groups in total. The number of hydrogen-bond donors (Lipinski definition) is 2. The minimum Gasteiger partial charge on any atom is -0.493 e. The van der Waals surface area contributed by atoms with Crippen molar-refractivity contribution in [2.75, 3.05) is 33.4 Å². The van der Waals surface area contributed by atoms with Crippen molar-refractivity contribution in [2.24, 2.45) is 0 Å².